The summed E-state index contributed by atoms with van der Waals surface area (Å²) in [4.78, 5) is 0. The summed E-state index contributed by atoms with van der Waals surface area (Å²) in [7, 11) is -2.95. The number of sulfone groups is 1. The van der Waals surface area contributed by atoms with Crippen LogP contribution in [0.5, 0.6) is 0 Å². The molecule has 0 N–H and O–H groups in total. The van der Waals surface area contributed by atoms with E-state index < -0.39 is 9.84 Å². The number of aryl methyl sites for hydroxylation is 1. The van der Waals surface area contributed by atoms with Crippen molar-refractivity contribution in [3.8, 4) is 6.07 Å². The van der Waals surface area contributed by atoms with Crippen LogP contribution in [0.1, 0.15) is 16.8 Å². The van der Waals surface area contributed by atoms with Crippen LogP contribution in [0, 0.1) is 25.2 Å². The molecule has 0 saturated carbocycles. The monoisotopic (exact) mass is 226 g/mol. The van der Waals surface area contributed by atoms with Crippen LogP contribution in [-0.4, -0.2) is 25.0 Å². The zero-order valence-electron chi connectivity index (χ0n) is 9.11. The summed E-state index contributed by atoms with van der Waals surface area (Å²) in [6, 6.07) is 2.08. The van der Waals surface area contributed by atoms with Gasteiger partial charge in [-0.25, -0.2) is 8.42 Å². The van der Waals surface area contributed by atoms with Crippen LogP contribution in [-0.2, 0) is 16.4 Å². The molecule has 0 atom stereocenters. The SMILES string of the molecule is Cc1c(C#N)cn(CCS(C)(=O)=O)c1C. The second-order valence-electron chi connectivity index (χ2n) is 3.69. The summed E-state index contributed by atoms with van der Waals surface area (Å²) in [6.45, 7) is 4.16. The fourth-order valence-corrected chi connectivity index (χ4v) is 1.90. The molecule has 0 unspecified atom stereocenters. The van der Waals surface area contributed by atoms with Gasteiger partial charge in [0.25, 0.3) is 0 Å². The molecule has 0 amide bonds. The van der Waals surface area contributed by atoms with Gasteiger partial charge >= 0.3 is 0 Å². The highest BCUT2D eigenvalue weighted by Crippen LogP contribution is 2.14. The Morgan fingerprint density at radius 2 is 2.07 bits per heavy atom. The topological polar surface area (TPSA) is 62.9 Å². The minimum Gasteiger partial charge on any atom is -0.349 e. The molecule has 5 heteroatoms. The van der Waals surface area contributed by atoms with E-state index >= 15 is 0 Å². The Kier molecular flexibility index (Phi) is 3.20. The summed E-state index contributed by atoms with van der Waals surface area (Å²) in [5.41, 5.74) is 2.49. The van der Waals surface area contributed by atoms with Gasteiger partial charge in [-0.3, -0.25) is 0 Å². The third-order valence-electron chi connectivity index (χ3n) is 2.49. The maximum Gasteiger partial charge on any atom is 0.149 e. The van der Waals surface area contributed by atoms with E-state index in [1.54, 1.807) is 6.20 Å². The Labute approximate surface area is 90.1 Å². The van der Waals surface area contributed by atoms with Crippen molar-refractivity contribution < 1.29 is 8.42 Å². The molecule has 0 saturated heterocycles. The first-order chi connectivity index (χ1) is 6.85. The Morgan fingerprint density at radius 1 is 1.47 bits per heavy atom. The average Bonchev–Trinajstić information content (AvgIpc) is 2.40. The predicted octanol–water partition coefficient (Wildman–Crippen LogP) is 1.02. The molecule has 82 valence electrons. The lowest BCUT2D eigenvalue weighted by Crippen LogP contribution is -2.11. The number of aromatic nitrogens is 1. The van der Waals surface area contributed by atoms with Gasteiger partial charge in [0.2, 0.25) is 0 Å². The second-order valence-corrected chi connectivity index (χ2v) is 5.95. The quantitative estimate of drug-likeness (QED) is 0.773. The van der Waals surface area contributed by atoms with Crippen LogP contribution < -0.4 is 0 Å². The van der Waals surface area contributed by atoms with Crippen LogP contribution in [0.3, 0.4) is 0 Å². The molecule has 15 heavy (non-hydrogen) atoms. The fraction of sp³-hybridized carbons (Fsp3) is 0.500. The smallest absolute Gasteiger partial charge is 0.149 e. The molecule has 0 spiro atoms. The van der Waals surface area contributed by atoms with Gasteiger partial charge in [0.1, 0.15) is 15.9 Å². The summed E-state index contributed by atoms with van der Waals surface area (Å²) in [5.74, 6) is 0.104. The minimum absolute atomic E-state index is 0.104. The molecule has 0 fully saturated rings. The summed E-state index contributed by atoms with van der Waals surface area (Å²) in [6.07, 6.45) is 2.92. The number of hydrogen-bond acceptors (Lipinski definition) is 3. The van der Waals surface area contributed by atoms with Crippen LogP contribution >= 0.6 is 0 Å². The normalized spacial score (nSPS) is 11.3. The molecule has 4 nitrogen and oxygen atoms in total. The standard InChI is InChI=1S/C10H14N2O2S/c1-8-9(2)12(7-10(8)6-11)4-5-15(3,13)14/h7H,4-5H2,1-3H3. The van der Waals surface area contributed by atoms with Crippen molar-refractivity contribution in [3.63, 3.8) is 0 Å². The average molecular weight is 226 g/mol. The molecular formula is C10H14N2O2S. The summed E-state index contributed by atoms with van der Waals surface area (Å²) >= 11 is 0. The van der Waals surface area contributed by atoms with Gasteiger partial charge in [-0.2, -0.15) is 5.26 Å². The van der Waals surface area contributed by atoms with Crippen LogP contribution in [0.4, 0.5) is 0 Å². The number of rotatable bonds is 3. The third-order valence-corrected chi connectivity index (χ3v) is 3.41. The van der Waals surface area contributed by atoms with Gasteiger partial charge in [-0.1, -0.05) is 0 Å². The van der Waals surface area contributed by atoms with Gasteiger partial charge < -0.3 is 4.57 Å². The molecule has 0 aliphatic heterocycles. The van der Waals surface area contributed by atoms with Crippen molar-refractivity contribution in [2.24, 2.45) is 0 Å². The minimum atomic E-state index is -2.95. The molecule has 0 radical (unpaired) electrons. The zero-order chi connectivity index (χ0) is 11.6. The van der Waals surface area contributed by atoms with Crippen molar-refractivity contribution in [2.75, 3.05) is 12.0 Å². The van der Waals surface area contributed by atoms with Gasteiger partial charge in [-0.15, -0.1) is 0 Å². The molecule has 1 aromatic heterocycles. The molecule has 1 aromatic rings. The summed E-state index contributed by atoms with van der Waals surface area (Å²) in [5, 5.41) is 8.80. The first-order valence-corrected chi connectivity index (χ1v) is 6.65. The van der Waals surface area contributed by atoms with Gasteiger partial charge in [0.05, 0.1) is 11.3 Å². The molecule has 1 rings (SSSR count). The number of nitriles is 1. The van der Waals surface area contributed by atoms with Crippen molar-refractivity contribution >= 4 is 9.84 Å². The molecule has 0 aromatic carbocycles. The highest BCUT2D eigenvalue weighted by atomic mass is 32.2. The zero-order valence-corrected chi connectivity index (χ0v) is 9.93. The van der Waals surface area contributed by atoms with Gasteiger partial charge in [-0.05, 0) is 19.4 Å². The van der Waals surface area contributed by atoms with Crippen molar-refractivity contribution in [1.29, 1.82) is 5.26 Å². The van der Waals surface area contributed by atoms with E-state index in [1.165, 1.54) is 6.26 Å². The predicted molar refractivity (Wildman–Crippen MR) is 58.3 cm³/mol. The third kappa shape index (κ3) is 2.83. The first-order valence-electron chi connectivity index (χ1n) is 4.59. The lowest BCUT2D eigenvalue weighted by molar-refractivity contribution is 0.593. The second kappa shape index (κ2) is 4.07. The highest BCUT2D eigenvalue weighted by molar-refractivity contribution is 7.90. The van der Waals surface area contributed by atoms with Crippen LogP contribution in [0.15, 0.2) is 6.20 Å². The van der Waals surface area contributed by atoms with E-state index in [-0.39, 0.29) is 5.75 Å². The number of hydrogen-bond donors (Lipinski definition) is 0. The van der Waals surface area contributed by atoms with Crippen LogP contribution in [0.25, 0.3) is 0 Å². The first kappa shape index (κ1) is 11.8. The van der Waals surface area contributed by atoms with E-state index in [0.717, 1.165) is 11.3 Å². The Hall–Kier alpha value is -1.28. The van der Waals surface area contributed by atoms with E-state index in [2.05, 4.69) is 6.07 Å². The van der Waals surface area contributed by atoms with Gasteiger partial charge in [0, 0.05) is 24.7 Å². The molecule has 1 heterocycles. The Bertz CT molecular complexity index is 506. The van der Waals surface area contributed by atoms with E-state index in [4.69, 9.17) is 5.26 Å². The Morgan fingerprint density at radius 3 is 2.47 bits per heavy atom. The highest BCUT2D eigenvalue weighted by Gasteiger charge is 2.09. The van der Waals surface area contributed by atoms with Gasteiger partial charge in [0.15, 0.2) is 0 Å². The largest absolute Gasteiger partial charge is 0.349 e. The van der Waals surface area contributed by atoms with Crippen LogP contribution in [0.2, 0.25) is 0 Å². The van der Waals surface area contributed by atoms with E-state index in [9.17, 15) is 8.42 Å². The maximum atomic E-state index is 11.0. The molecule has 0 aliphatic carbocycles. The molecule has 0 bridgehead atoms. The fourth-order valence-electron chi connectivity index (χ4n) is 1.37. The lowest BCUT2D eigenvalue weighted by atomic mass is 10.2. The molecule has 0 aliphatic rings. The Balaban J connectivity index is 2.93. The molecular weight excluding hydrogens is 212 g/mol. The maximum absolute atomic E-state index is 11.0. The number of nitrogens with zero attached hydrogens (tertiary/aromatic N) is 2. The summed E-state index contributed by atoms with van der Waals surface area (Å²) < 4.78 is 23.8. The van der Waals surface area contributed by atoms with E-state index in [1.807, 2.05) is 18.4 Å². The van der Waals surface area contributed by atoms with Crippen molar-refractivity contribution in [3.05, 3.63) is 23.0 Å². The van der Waals surface area contributed by atoms with Crippen molar-refractivity contribution in [1.82, 2.24) is 4.57 Å². The van der Waals surface area contributed by atoms with E-state index in [0.29, 0.717) is 12.1 Å². The lowest BCUT2D eigenvalue weighted by Gasteiger charge is -2.04. The van der Waals surface area contributed by atoms with Crippen molar-refractivity contribution in [2.45, 2.75) is 20.4 Å².